The zero-order valence-corrected chi connectivity index (χ0v) is 11.4. The summed E-state index contributed by atoms with van der Waals surface area (Å²) in [5, 5.41) is 2.98. The number of hydrogen-bond acceptors (Lipinski definition) is 3. The number of ether oxygens (including phenoxy) is 1. The first-order chi connectivity index (χ1) is 8.37. The molecule has 5 heteroatoms. The molecule has 2 aliphatic rings. The largest absolute Gasteiger partial charge is 0.444 e. The molecule has 0 aromatic carbocycles. The van der Waals surface area contributed by atoms with Crippen LogP contribution in [0.25, 0.3) is 0 Å². The second-order valence-electron chi connectivity index (χ2n) is 6.13. The fourth-order valence-corrected chi connectivity index (χ4v) is 2.70. The summed E-state index contributed by atoms with van der Waals surface area (Å²) in [4.78, 5) is 25.4. The fourth-order valence-electron chi connectivity index (χ4n) is 2.70. The highest BCUT2D eigenvalue weighted by molar-refractivity contribution is 5.84. The number of piperazine rings is 1. The number of carbonyl (C=O) groups excluding carboxylic acids is 2. The minimum absolute atomic E-state index is 0.0796. The van der Waals surface area contributed by atoms with Crippen molar-refractivity contribution in [1.29, 1.82) is 0 Å². The van der Waals surface area contributed by atoms with Crippen molar-refractivity contribution >= 4 is 12.0 Å². The normalized spacial score (nSPS) is 28.4. The van der Waals surface area contributed by atoms with Gasteiger partial charge in [-0.3, -0.25) is 9.69 Å². The summed E-state index contributed by atoms with van der Waals surface area (Å²) in [5.74, 6) is -0.0796. The molecular weight excluding hydrogens is 232 g/mol. The van der Waals surface area contributed by atoms with Crippen molar-refractivity contribution in [3.8, 4) is 0 Å². The van der Waals surface area contributed by atoms with E-state index in [1.807, 2.05) is 20.8 Å². The summed E-state index contributed by atoms with van der Waals surface area (Å²) >= 11 is 0. The van der Waals surface area contributed by atoms with E-state index in [0.29, 0.717) is 0 Å². The molecule has 1 saturated heterocycles. The molecule has 0 bridgehead atoms. The Balaban J connectivity index is 2.09. The molecule has 0 unspecified atom stereocenters. The van der Waals surface area contributed by atoms with Crippen molar-refractivity contribution in [1.82, 2.24) is 10.2 Å². The summed E-state index contributed by atoms with van der Waals surface area (Å²) < 4.78 is 5.38. The van der Waals surface area contributed by atoms with Gasteiger partial charge < -0.3 is 10.1 Å². The Morgan fingerprint density at radius 3 is 2.67 bits per heavy atom. The smallest absolute Gasteiger partial charge is 0.411 e. The molecule has 0 radical (unpaired) electrons. The maximum absolute atomic E-state index is 12.1. The van der Waals surface area contributed by atoms with E-state index in [-0.39, 0.29) is 30.6 Å². The van der Waals surface area contributed by atoms with E-state index in [9.17, 15) is 9.59 Å². The molecule has 2 atom stereocenters. The van der Waals surface area contributed by atoms with Crippen LogP contribution in [-0.4, -0.2) is 41.1 Å². The minimum atomic E-state index is -0.519. The highest BCUT2D eigenvalue weighted by Gasteiger charge is 2.40. The first kappa shape index (κ1) is 13.2. The van der Waals surface area contributed by atoms with Crippen LogP contribution >= 0.6 is 0 Å². The summed E-state index contributed by atoms with van der Waals surface area (Å²) in [6.45, 7) is 5.64. The highest BCUT2D eigenvalue weighted by atomic mass is 16.6. The predicted octanol–water partition coefficient (Wildman–Crippen LogP) is 1.66. The third-order valence-electron chi connectivity index (χ3n) is 3.42. The highest BCUT2D eigenvalue weighted by Crippen LogP contribution is 2.27. The van der Waals surface area contributed by atoms with E-state index in [1.54, 1.807) is 4.90 Å². The Bertz CT molecular complexity index is 349. The van der Waals surface area contributed by atoms with Gasteiger partial charge in [0.25, 0.3) is 0 Å². The van der Waals surface area contributed by atoms with E-state index in [0.717, 1.165) is 25.7 Å². The summed E-state index contributed by atoms with van der Waals surface area (Å²) in [6, 6.07) is 0.207. The van der Waals surface area contributed by atoms with Gasteiger partial charge in [-0.25, -0.2) is 4.79 Å². The van der Waals surface area contributed by atoms with Gasteiger partial charge in [-0.1, -0.05) is 12.8 Å². The Morgan fingerprint density at radius 1 is 1.33 bits per heavy atom. The minimum Gasteiger partial charge on any atom is -0.444 e. The average molecular weight is 254 g/mol. The van der Waals surface area contributed by atoms with Gasteiger partial charge in [0.1, 0.15) is 12.1 Å². The van der Waals surface area contributed by atoms with Crippen LogP contribution in [0.4, 0.5) is 4.79 Å². The first-order valence-electron chi connectivity index (χ1n) is 6.66. The standard InChI is InChI=1S/C13H22N2O3/c1-13(2,3)18-12(17)15-8-11(16)14-9-6-4-5-7-10(9)15/h9-10H,4-8H2,1-3H3,(H,14,16)/t9-,10-/m1/s1. The van der Waals surface area contributed by atoms with Gasteiger partial charge in [0.2, 0.25) is 5.91 Å². The molecule has 2 fully saturated rings. The van der Waals surface area contributed by atoms with Crippen molar-refractivity contribution < 1.29 is 14.3 Å². The van der Waals surface area contributed by atoms with Crippen molar-refractivity contribution in [3.05, 3.63) is 0 Å². The molecule has 1 aliphatic heterocycles. The zero-order chi connectivity index (χ0) is 13.3. The number of fused-ring (bicyclic) bond motifs is 1. The maximum atomic E-state index is 12.1. The first-order valence-corrected chi connectivity index (χ1v) is 6.66. The quantitative estimate of drug-likeness (QED) is 0.715. The fraction of sp³-hybridized carbons (Fsp3) is 0.846. The molecule has 1 aliphatic carbocycles. The van der Waals surface area contributed by atoms with E-state index >= 15 is 0 Å². The van der Waals surface area contributed by atoms with Crippen molar-refractivity contribution in [2.24, 2.45) is 0 Å². The number of carbonyl (C=O) groups is 2. The van der Waals surface area contributed by atoms with Crippen LogP contribution < -0.4 is 5.32 Å². The number of rotatable bonds is 0. The van der Waals surface area contributed by atoms with Crippen LogP contribution in [0.15, 0.2) is 0 Å². The van der Waals surface area contributed by atoms with Gasteiger partial charge in [0.05, 0.1) is 6.04 Å². The van der Waals surface area contributed by atoms with Crippen LogP contribution in [0.2, 0.25) is 0 Å². The topological polar surface area (TPSA) is 58.6 Å². The predicted molar refractivity (Wildman–Crippen MR) is 67.1 cm³/mol. The third kappa shape index (κ3) is 2.94. The van der Waals surface area contributed by atoms with Crippen molar-refractivity contribution in [2.75, 3.05) is 6.54 Å². The lowest BCUT2D eigenvalue weighted by atomic mass is 9.88. The van der Waals surface area contributed by atoms with Crippen molar-refractivity contribution in [2.45, 2.75) is 64.1 Å². The van der Waals surface area contributed by atoms with Gasteiger partial charge >= 0.3 is 6.09 Å². The van der Waals surface area contributed by atoms with E-state index in [1.165, 1.54) is 0 Å². The Labute approximate surface area is 108 Å². The zero-order valence-electron chi connectivity index (χ0n) is 11.4. The van der Waals surface area contributed by atoms with Crippen LogP contribution in [0, 0.1) is 0 Å². The number of amides is 2. The summed E-state index contributed by atoms with van der Waals surface area (Å²) in [5.41, 5.74) is -0.519. The summed E-state index contributed by atoms with van der Waals surface area (Å²) in [7, 11) is 0. The molecular formula is C13H22N2O3. The lowest BCUT2D eigenvalue weighted by Crippen LogP contribution is -2.63. The Hall–Kier alpha value is -1.26. The second-order valence-corrected chi connectivity index (χ2v) is 6.13. The second kappa shape index (κ2) is 4.78. The van der Waals surface area contributed by atoms with Crippen LogP contribution in [0.5, 0.6) is 0 Å². The average Bonchev–Trinajstić information content (AvgIpc) is 2.25. The molecule has 1 saturated carbocycles. The molecule has 2 rings (SSSR count). The molecule has 102 valence electrons. The lowest BCUT2D eigenvalue weighted by Gasteiger charge is -2.43. The number of nitrogens with zero attached hydrogens (tertiary/aromatic N) is 1. The molecule has 0 spiro atoms. The van der Waals surface area contributed by atoms with E-state index in [2.05, 4.69) is 5.32 Å². The monoisotopic (exact) mass is 254 g/mol. The molecule has 1 heterocycles. The molecule has 18 heavy (non-hydrogen) atoms. The number of hydrogen-bond donors (Lipinski definition) is 1. The molecule has 0 aromatic rings. The van der Waals surface area contributed by atoms with Crippen LogP contribution in [0.1, 0.15) is 46.5 Å². The molecule has 1 N–H and O–H groups in total. The third-order valence-corrected chi connectivity index (χ3v) is 3.42. The Morgan fingerprint density at radius 2 is 2.00 bits per heavy atom. The molecule has 5 nitrogen and oxygen atoms in total. The van der Waals surface area contributed by atoms with Crippen LogP contribution in [-0.2, 0) is 9.53 Å². The number of nitrogens with one attached hydrogen (secondary N) is 1. The van der Waals surface area contributed by atoms with E-state index in [4.69, 9.17) is 4.74 Å². The van der Waals surface area contributed by atoms with Crippen molar-refractivity contribution in [3.63, 3.8) is 0 Å². The van der Waals surface area contributed by atoms with Gasteiger partial charge in [-0.05, 0) is 33.6 Å². The Kier molecular flexibility index (Phi) is 3.50. The maximum Gasteiger partial charge on any atom is 0.411 e. The van der Waals surface area contributed by atoms with E-state index < -0.39 is 5.60 Å². The van der Waals surface area contributed by atoms with Gasteiger partial charge in [-0.15, -0.1) is 0 Å². The SMILES string of the molecule is CC(C)(C)OC(=O)N1CC(=O)N[C@@H]2CCCC[C@H]21. The van der Waals surface area contributed by atoms with Crippen LogP contribution in [0.3, 0.4) is 0 Å². The summed E-state index contributed by atoms with van der Waals surface area (Å²) in [6.07, 6.45) is 3.76. The van der Waals surface area contributed by atoms with Gasteiger partial charge in [-0.2, -0.15) is 0 Å². The molecule has 0 aromatic heterocycles. The molecule has 2 amide bonds. The van der Waals surface area contributed by atoms with Gasteiger partial charge in [0.15, 0.2) is 0 Å². The lowest BCUT2D eigenvalue weighted by molar-refractivity contribution is -0.128. The van der Waals surface area contributed by atoms with Gasteiger partial charge in [0, 0.05) is 6.04 Å².